The van der Waals surface area contributed by atoms with E-state index < -0.39 is 5.60 Å². The number of methoxy groups -OCH3 is 1. The standard InChI is InChI=1S/C13H18O2/c1-9-8-11(6-7-12(9)15-3)13(2,14)10-4-5-10/h6-8,10,14H,4-5H2,1-3H3. The van der Waals surface area contributed by atoms with E-state index in [1.807, 2.05) is 32.0 Å². The van der Waals surface area contributed by atoms with E-state index in [0.29, 0.717) is 5.92 Å². The summed E-state index contributed by atoms with van der Waals surface area (Å²) in [4.78, 5) is 0. The Balaban J connectivity index is 2.32. The highest BCUT2D eigenvalue weighted by Crippen LogP contribution is 2.45. The molecular formula is C13H18O2. The fourth-order valence-electron chi connectivity index (χ4n) is 2.07. The quantitative estimate of drug-likeness (QED) is 0.823. The lowest BCUT2D eigenvalue weighted by molar-refractivity contribution is 0.0330. The Hall–Kier alpha value is -1.02. The van der Waals surface area contributed by atoms with Gasteiger partial charge in [0.1, 0.15) is 5.75 Å². The number of hydrogen-bond acceptors (Lipinski definition) is 2. The summed E-state index contributed by atoms with van der Waals surface area (Å²) < 4.78 is 5.21. The first-order chi connectivity index (χ1) is 7.05. The third-order valence-electron chi connectivity index (χ3n) is 3.35. The third-order valence-corrected chi connectivity index (χ3v) is 3.35. The van der Waals surface area contributed by atoms with E-state index in [-0.39, 0.29) is 0 Å². The van der Waals surface area contributed by atoms with E-state index in [0.717, 1.165) is 29.7 Å². The van der Waals surface area contributed by atoms with Gasteiger partial charge in [-0.15, -0.1) is 0 Å². The van der Waals surface area contributed by atoms with E-state index >= 15 is 0 Å². The number of aryl methyl sites for hydroxylation is 1. The van der Waals surface area contributed by atoms with Crippen LogP contribution in [0.3, 0.4) is 0 Å². The fraction of sp³-hybridized carbons (Fsp3) is 0.538. The van der Waals surface area contributed by atoms with Crippen molar-refractivity contribution in [2.75, 3.05) is 7.11 Å². The van der Waals surface area contributed by atoms with Crippen molar-refractivity contribution in [3.8, 4) is 5.75 Å². The highest BCUT2D eigenvalue weighted by Gasteiger charge is 2.41. The van der Waals surface area contributed by atoms with Crippen LogP contribution >= 0.6 is 0 Å². The second kappa shape index (κ2) is 3.53. The normalized spacial score (nSPS) is 19.7. The molecule has 1 aromatic carbocycles. The van der Waals surface area contributed by atoms with Gasteiger partial charge in [-0.3, -0.25) is 0 Å². The molecule has 0 radical (unpaired) electrons. The fourth-order valence-corrected chi connectivity index (χ4v) is 2.07. The average Bonchev–Trinajstić information content (AvgIpc) is 3.00. The molecule has 15 heavy (non-hydrogen) atoms. The number of hydrogen-bond donors (Lipinski definition) is 1. The van der Waals surface area contributed by atoms with Crippen molar-refractivity contribution in [1.29, 1.82) is 0 Å². The lowest BCUT2D eigenvalue weighted by Crippen LogP contribution is -2.23. The molecule has 0 amide bonds. The van der Waals surface area contributed by atoms with Gasteiger partial charge in [0.25, 0.3) is 0 Å². The van der Waals surface area contributed by atoms with Gasteiger partial charge < -0.3 is 9.84 Å². The predicted octanol–water partition coefficient (Wildman–Crippen LogP) is 2.62. The largest absolute Gasteiger partial charge is 0.496 e. The second-order valence-corrected chi connectivity index (χ2v) is 4.61. The zero-order valence-corrected chi connectivity index (χ0v) is 9.58. The molecule has 0 aromatic heterocycles. The Kier molecular flexibility index (Phi) is 2.47. The van der Waals surface area contributed by atoms with Crippen molar-refractivity contribution >= 4 is 0 Å². The van der Waals surface area contributed by atoms with Crippen LogP contribution in [-0.4, -0.2) is 12.2 Å². The molecule has 2 heteroatoms. The van der Waals surface area contributed by atoms with Crippen molar-refractivity contribution < 1.29 is 9.84 Å². The van der Waals surface area contributed by atoms with E-state index in [9.17, 15) is 5.11 Å². The summed E-state index contributed by atoms with van der Waals surface area (Å²) in [5.41, 5.74) is 1.41. The van der Waals surface area contributed by atoms with Gasteiger partial charge in [0.15, 0.2) is 0 Å². The van der Waals surface area contributed by atoms with Crippen LogP contribution in [0.1, 0.15) is 30.9 Å². The molecule has 1 unspecified atom stereocenters. The molecule has 0 spiro atoms. The monoisotopic (exact) mass is 206 g/mol. The van der Waals surface area contributed by atoms with Gasteiger partial charge in [0.05, 0.1) is 12.7 Å². The van der Waals surface area contributed by atoms with Crippen LogP contribution in [-0.2, 0) is 5.60 Å². The summed E-state index contributed by atoms with van der Waals surface area (Å²) in [6, 6.07) is 5.92. The molecule has 1 aliphatic carbocycles. The minimum Gasteiger partial charge on any atom is -0.496 e. The van der Waals surface area contributed by atoms with Crippen molar-refractivity contribution in [3.63, 3.8) is 0 Å². The zero-order chi connectivity index (χ0) is 11.1. The summed E-state index contributed by atoms with van der Waals surface area (Å²) in [6.07, 6.45) is 2.27. The lowest BCUT2D eigenvalue weighted by Gasteiger charge is -2.24. The molecule has 2 rings (SSSR count). The molecule has 0 heterocycles. The molecule has 1 aromatic rings. The number of benzene rings is 1. The summed E-state index contributed by atoms with van der Waals surface area (Å²) >= 11 is 0. The highest BCUT2D eigenvalue weighted by atomic mass is 16.5. The van der Waals surface area contributed by atoms with Crippen molar-refractivity contribution in [2.45, 2.75) is 32.3 Å². The van der Waals surface area contributed by atoms with Gasteiger partial charge >= 0.3 is 0 Å². The Morgan fingerprint density at radius 1 is 1.40 bits per heavy atom. The van der Waals surface area contributed by atoms with Gasteiger partial charge in [-0.2, -0.15) is 0 Å². The van der Waals surface area contributed by atoms with Crippen LogP contribution in [0.5, 0.6) is 5.75 Å². The van der Waals surface area contributed by atoms with Crippen LogP contribution in [0.15, 0.2) is 18.2 Å². The molecule has 1 fully saturated rings. The molecule has 0 saturated heterocycles. The molecule has 0 bridgehead atoms. The Morgan fingerprint density at radius 2 is 2.07 bits per heavy atom. The maximum atomic E-state index is 10.4. The first-order valence-electron chi connectivity index (χ1n) is 5.43. The molecule has 1 atom stereocenters. The second-order valence-electron chi connectivity index (χ2n) is 4.61. The summed E-state index contributed by atoms with van der Waals surface area (Å²) in [5.74, 6) is 1.32. The van der Waals surface area contributed by atoms with E-state index in [1.165, 1.54) is 0 Å². The molecule has 2 nitrogen and oxygen atoms in total. The zero-order valence-electron chi connectivity index (χ0n) is 9.58. The van der Waals surface area contributed by atoms with Gasteiger partial charge in [-0.1, -0.05) is 6.07 Å². The average molecular weight is 206 g/mol. The van der Waals surface area contributed by atoms with Gasteiger partial charge in [-0.05, 0) is 55.9 Å². The summed E-state index contributed by atoms with van der Waals surface area (Å²) in [5, 5.41) is 10.4. The Labute approximate surface area is 90.9 Å². The minimum atomic E-state index is -0.670. The third kappa shape index (κ3) is 1.86. The number of rotatable bonds is 3. The van der Waals surface area contributed by atoms with Gasteiger partial charge in [0, 0.05) is 0 Å². The van der Waals surface area contributed by atoms with Crippen molar-refractivity contribution in [2.24, 2.45) is 5.92 Å². The number of aliphatic hydroxyl groups is 1. The lowest BCUT2D eigenvalue weighted by atomic mass is 9.90. The Bertz CT molecular complexity index is 365. The van der Waals surface area contributed by atoms with Crippen molar-refractivity contribution in [1.82, 2.24) is 0 Å². The molecular weight excluding hydrogens is 188 g/mol. The molecule has 82 valence electrons. The first kappa shape index (κ1) is 10.5. The summed E-state index contributed by atoms with van der Waals surface area (Å²) in [7, 11) is 1.67. The van der Waals surface area contributed by atoms with Crippen LogP contribution in [0.4, 0.5) is 0 Å². The Morgan fingerprint density at radius 3 is 2.53 bits per heavy atom. The molecule has 0 aliphatic heterocycles. The minimum absolute atomic E-state index is 0.435. The molecule has 1 N–H and O–H groups in total. The van der Waals surface area contributed by atoms with Gasteiger partial charge in [-0.25, -0.2) is 0 Å². The predicted molar refractivity (Wildman–Crippen MR) is 60.0 cm³/mol. The van der Waals surface area contributed by atoms with Crippen molar-refractivity contribution in [3.05, 3.63) is 29.3 Å². The van der Waals surface area contributed by atoms with Crippen LogP contribution in [0.25, 0.3) is 0 Å². The smallest absolute Gasteiger partial charge is 0.121 e. The maximum Gasteiger partial charge on any atom is 0.121 e. The van der Waals surface area contributed by atoms with E-state index in [2.05, 4.69) is 0 Å². The van der Waals surface area contributed by atoms with Crippen LogP contribution < -0.4 is 4.74 Å². The first-order valence-corrected chi connectivity index (χ1v) is 5.43. The van der Waals surface area contributed by atoms with Crippen LogP contribution in [0.2, 0.25) is 0 Å². The van der Waals surface area contributed by atoms with E-state index in [4.69, 9.17) is 4.74 Å². The topological polar surface area (TPSA) is 29.5 Å². The van der Waals surface area contributed by atoms with Gasteiger partial charge in [0.2, 0.25) is 0 Å². The highest BCUT2D eigenvalue weighted by molar-refractivity contribution is 5.38. The number of ether oxygens (including phenoxy) is 1. The molecule has 1 aliphatic rings. The SMILES string of the molecule is COc1ccc(C(C)(O)C2CC2)cc1C. The maximum absolute atomic E-state index is 10.4. The summed E-state index contributed by atoms with van der Waals surface area (Å²) in [6.45, 7) is 3.91. The molecule has 1 saturated carbocycles. The van der Waals surface area contributed by atoms with Crippen LogP contribution in [0, 0.1) is 12.8 Å². The van der Waals surface area contributed by atoms with E-state index in [1.54, 1.807) is 7.11 Å².